The van der Waals surface area contributed by atoms with E-state index in [1.165, 1.54) is 12.1 Å². The second-order valence-corrected chi connectivity index (χ2v) is 11.6. The summed E-state index contributed by atoms with van der Waals surface area (Å²) in [5.41, 5.74) is -0.762. The van der Waals surface area contributed by atoms with Crippen molar-refractivity contribution in [2.75, 3.05) is 0 Å². The van der Waals surface area contributed by atoms with E-state index in [-0.39, 0.29) is 27.2 Å². The predicted octanol–water partition coefficient (Wildman–Crippen LogP) is 3.56. The average Bonchev–Trinajstić information content (AvgIpc) is 2.76. The molecule has 0 saturated carbocycles. The molecule has 0 fully saturated rings. The Morgan fingerprint density at radius 1 is 0.556 bits per heavy atom. The lowest BCUT2D eigenvalue weighted by molar-refractivity contribution is 0.444. The van der Waals surface area contributed by atoms with Crippen molar-refractivity contribution in [2.45, 2.75) is 14.7 Å². The number of benzene rings is 4. The molecule has 0 spiro atoms. The molecule has 0 aromatic heterocycles. The topological polar surface area (TPSA) is 228 Å². The lowest BCUT2D eigenvalue weighted by atomic mass is 10.1. The first-order valence-corrected chi connectivity index (χ1v) is 13.8. The van der Waals surface area contributed by atoms with Crippen LogP contribution in [0.15, 0.2) is 79.5 Å². The Morgan fingerprint density at radius 2 is 1.06 bits per heavy atom. The van der Waals surface area contributed by atoms with Gasteiger partial charge in [-0.3, -0.25) is 13.7 Å². The Balaban J connectivity index is 1.99. The molecule has 4 rings (SSSR count). The van der Waals surface area contributed by atoms with E-state index < -0.39 is 62.2 Å². The monoisotopic (exact) mass is 554 g/mol. The normalized spacial score (nSPS) is 13.1. The molecule has 36 heavy (non-hydrogen) atoms. The molecule has 0 bridgehead atoms. The molecule has 0 aliphatic rings. The van der Waals surface area contributed by atoms with Gasteiger partial charge in [-0.2, -0.15) is 25.3 Å². The average molecular weight is 555 g/mol. The summed E-state index contributed by atoms with van der Waals surface area (Å²) in [6, 6.07) is 9.54. The van der Waals surface area contributed by atoms with Crippen LogP contribution in [0.5, 0.6) is 11.5 Å². The maximum absolute atomic E-state index is 11.8. The minimum atomic E-state index is -5.03. The predicted molar refractivity (Wildman–Crippen MR) is 125 cm³/mol. The van der Waals surface area contributed by atoms with Crippen molar-refractivity contribution < 1.29 is 49.1 Å². The van der Waals surface area contributed by atoms with Crippen molar-refractivity contribution in [1.29, 1.82) is 0 Å². The van der Waals surface area contributed by atoms with Gasteiger partial charge in [-0.15, -0.1) is 10.2 Å². The molecule has 5 N–H and O–H groups in total. The number of aromatic hydroxyl groups is 2. The molecule has 0 heterocycles. The van der Waals surface area contributed by atoms with Crippen molar-refractivity contribution in [3.05, 3.63) is 54.6 Å². The Kier molecular flexibility index (Phi) is 5.98. The van der Waals surface area contributed by atoms with Gasteiger partial charge in [-0.1, -0.05) is 18.2 Å². The molecule has 188 valence electrons. The van der Waals surface area contributed by atoms with Crippen LogP contribution in [-0.2, 0) is 30.4 Å². The molecule has 0 aliphatic carbocycles. The third kappa shape index (κ3) is 4.72. The highest BCUT2D eigenvalue weighted by atomic mass is 32.2. The second kappa shape index (κ2) is 8.47. The van der Waals surface area contributed by atoms with E-state index >= 15 is 0 Å². The van der Waals surface area contributed by atoms with Gasteiger partial charge in [-0.25, -0.2) is 0 Å². The Labute approximate surface area is 203 Å². The third-order valence-corrected chi connectivity index (χ3v) is 7.65. The molecule has 0 saturated heterocycles. The summed E-state index contributed by atoms with van der Waals surface area (Å²) in [6.45, 7) is 0. The zero-order valence-corrected chi connectivity index (χ0v) is 20.0. The summed E-state index contributed by atoms with van der Waals surface area (Å²) in [4.78, 5) is -2.06. The van der Waals surface area contributed by atoms with Gasteiger partial charge in [-0.05, 0) is 47.2 Å². The Hall–Kier alpha value is -3.67. The van der Waals surface area contributed by atoms with E-state index in [2.05, 4.69) is 10.2 Å². The lowest BCUT2D eigenvalue weighted by Crippen LogP contribution is -2.00. The fourth-order valence-corrected chi connectivity index (χ4v) is 5.08. The van der Waals surface area contributed by atoms with E-state index in [4.69, 9.17) is 0 Å². The van der Waals surface area contributed by atoms with Crippen LogP contribution >= 0.6 is 0 Å². The molecule has 0 unspecified atom stereocenters. The first-order chi connectivity index (χ1) is 16.6. The minimum Gasteiger partial charge on any atom is -0.506 e. The lowest BCUT2D eigenvalue weighted by Gasteiger charge is -2.10. The van der Waals surface area contributed by atoms with Crippen molar-refractivity contribution >= 4 is 63.3 Å². The van der Waals surface area contributed by atoms with Crippen molar-refractivity contribution in [3.63, 3.8) is 0 Å². The maximum atomic E-state index is 11.8. The molecule has 0 amide bonds. The molecule has 0 aliphatic heterocycles. The van der Waals surface area contributed by atoms with Gasteiger partial charge in [0, 0.05) is 10.8 Å². The summed E-state index contributed by atoms with van der Waals surface area (Å²) in [6.07, 6.45) is 0. The SMILES string of the molecule is O=S(=O)(O)c1ccc2c(N=Nc3c(O)c(S(=O)(=O)O)cc4cc(S(=O)(=O)O)ccc34)c(O)ccc2c1. The quantitative estimate of drug-likeness (QED) is 0.177. The Bertz CT molecular complexity index is 1930. The van der Waals surface area contributed by atoms with Crippen LogP contribution in [0.1, 0.15) is 0 Å². The first kappa shape index (κ1) is 25.4. The van der Waals surface area contributed by atoms with Crippen LogP contribution in [0.3, 0.4) is 0 Å². The molecule has 13 nitrogen and oxygen atoms in total. The maximum Gasteiger partial charge on any atom is 0.298 e. The largest absolute Gasteiger partial charge is 0.506 e. The summed E-state index contributed by atoms with van der Waals surface area (Å²) in [7, 11) is -14.2. The summed E-state index contributed by atoms with van der Waals surface area (Å²) in [5, 5.41) is 28.7. The number of hydrogen-bond acceptors (Lipinski definition) is 10. The van der Waals surface area contributed by atoms with Gasteiger partial charge in [0.05, 0.1) is 9.79 Å². The van der Waals surface area contributed by atoms with E-state index in [9.17, 15) is 49.1 Å². The number of fused-ring (bicyclic) bond motifs is 2. The van der Waals surface area contributed by atoms with Gasteiger partial charge in [0.2, 0.25) is 0 Å². The molecular weight excluding hydrogens is 540 g/mol. The standard InChI is InChI=1S/C20H14N2O11S3/c23-16-6-1-10-7-12(34(25,26)27)2-4-14(10)18(16)21-22-19-15-5-3-13(35(28,29)30)8-11(15)9-17(20(19)24)36(31,32)33/h1-9,23-24H,(H,25,26,27)(H,28,29,30)(H,31,32,33). The van der Waals surface area contributed by atoms with Crippen LogP contribution in [-0.4, -0.2) is 49.1 Å². The Morgan fingerprint density at radius 3 is 1.58 bits per heavy atom. The fourth-order valence-electron chi connectivity index (χ4n) is 3.43. The minimum absolute atomic E-state index is 0.0376. The first-order valence-electron chi connectivity index (χ1n) is 9.47. The summed E-state index contributed by atoms with van der Waals surface area (Å²) in [5.74, 6) is -1.48. The highest BCUT2D eigenvalue weighted by molar-refractivity contribution is 7.86. The van der Waals surface area contributed by atoms with E-state index in [0.29, 0.717) is 0 Å². The van der Waals surface area contributed by atoms with Crippen molar-refractivity contribution in [3.8, 4) is 11.5 Å². The summed E-state index contributed by atoms with van der Waals surface area (Å²) < 4.78 is 97.4. The number of rotatable bonds is 5. The van der Waals surface area contributed by atoms with Crippen LogP contribution < -0.4 is 0 Å². The number of nitrogens with zero attached hydrogens (tertiary/aromatic N) is 2. The van der Waals surface area contributed by atoms with Crippen LogP contribution in [0.4, 0.5) is 11.4 Å². The highest BCUT2D eigenvalue weighted by Crippen LogP contribution is 2.43. The van der Waals surface area contributed by atoms with Gasteiger partial charge < -0.3 is 10.2 Å². The van der Waals surface area contributed by atoms with Crippen molar-refractivity contribution in [2.24, 2.45) is 10.2 Å². The number of phenolic OH excluding ortho intramolecular Hbond substituents is 2. The van der Waals surface area contributed by atoms with Crippen molar-refractivity contribution in [1.82, 2.24) is 0 Å². The summed E-state index contributed by atoms with van der Waals surface area (Å²) >= 11 is 0. The zero-order chi connectivity index (χ0) is 26.6. The molecule has 4 aromatic rings. The number of phenols is 2. The fraction of sp³-hybridized carbons (Fsp3) is 0. The van der Waals surface area contributed by atoms with Gasteiger partial charge in [0.1, 0.15) is 22.0 Å². The van der Waals surface area contributed by atoms with E-state index in [1.54, 1.807) is 0 Å². The number of hydrogen-bond donors (Lipinski definition) is 5. The van der Waals surface area contributed by atoms with E-state index in [1.807, 2.05) is 0 Å². The van der Waals surface area contributed by atoms with Crippen LogP contribution in [0.2, 0.25) is 0 Å². The molecule has 4 aromatic carbocycles. The second-order valence-electron chi connectivity index (χ2n) is 7.40. The van der Waals surface area contributed by atoms with Gasteiger partial charge >= 0.3 is 0 Å². The smallest absolute Gasteiger partial charge is 0.298 e. The molecule has 0 atom stereocenters. The van der Waals surface area contributed by atoms with Gasteiger partial charge in [0.25, 0.3) is 30.4 Å². The third-order valence-electron chi connectivity index (χ3n) is 5.09. The number of azo groups is 1. The van der Waals surface area contributed by atoms with Crippen LogP contribution in [0.25, 0.3) is 21.5 Å². The van der Waals surface area contributed by atoms with E-state index in [0.717, 1.165) is 42.5 Å². The highest BCUT2D eigenvalue weighted by Gasteiger charge is 2.23. The molecular formula is C20H14N2O11S3. The zero-order valence-electron chi connectivity index (χ0n) is 17.5. The van der Waals surface area contributed by atoms with Gasteiger partial charge in [0.15, 0.2) is 5.75 Å². The molecule has 16 heteroatoms. The van der Waals surface area contributed by atoms with Crippen LogP contribution in [0, 0.1) is 0 Å². The molecule has 0 radical (unpaired) electrons.